The zero-order valence-electron chi connectivity index (χ0n) is 57.9. The first-order valence-electron chi connectivity index (χ1n) is 32.7. The van der Waals surface area contributed by atoms with Crippen LogP contribution in [0.25, 0.3) is 22.3 Å². The van der Waals surface area contributed by atoms with Crippen molar-refractivity contribution in [1.82, 2.24) is 19.9 Å². The van der Waals surface area contributed by atoms with Gasteiger partial charge in [-0.1, -0.05) is 191 Å². The number of hydrogen-bond acceptors (Lipinski definition) is 6. The summed E-state index contributed by atoms with van der Waals surface area (Å²) in [5.74, 6) is 1.69. The zero-order chi connectivity index (χ0) is 65.4. The minimum absolute atomic E-state index is 0.100. The summed E-state index contributed by atoms with van der Waals surface area (Å²) in [5.41, 5.74) is 21.1. The molecule has 1 aliphatic heterocycles. The van der Waals surface area contributed by atoms with Gasteiger partial charge in [-0.05, 0) is 161 Å². The van der Waals surface area contributed by atoms with Gasteiger partial charge < -0.3 is 43.6 Å². The topological polar surface area (TPSA) is 109 Å². The summed E-state index contributed by atoms with van der Waals surface area (Å²) >= 11 is 1.64. The lowest BCUT2D eigenvalue weighted by molar-refractivity contribution is 0.00498. The molecular weight excluding hydrogens is 1140 g/mol. The van der Waals surface area contributed by atoms with Crippen LogP contribution in [0.1, 0.15) is 209 Å². The molecule has 0 radical (unpaired) electrons. The van der Waals surface area contributed by atoms with Crippen LogP contribution >= 0.6 is 11.3 Å². The normalized spacial score (nSPS) is 16.0. The van der Waals surface area contributed by atoms with Crippen LogP contribution in [-0.4, -0.2) is 72.8 Å². The van der Waals surface area contributed by atoms with Gasteiger partial charge >= 0.3 is 0 Å². The Morgan fingerprint density at radius 1 is 0.297 bits per heavy atom. The fraction of sp³-hybridized carbons (Fsp3) is 0.407. The number of nitrogens with one attached hydrogen (secondary N) is 4. The minimum atomic E-state index is -0.106. The molecule has 9 nitrogen and oxygen atoms in total. The van der Waals surface area contributed by atoms with Gasteiger partial charge in [-0.15, -0.1) is 11.3 Å². The van der Waals surface area contributed by atoms with Crippen molar-refractivity contribution in [1.29, 1.82) is 0 Å². The molecule has 0 atom stereocenters. The largest absolute Gasteiger partial charge is 0.491 e. The monoisotopic (exact) mass is 1240 g/mol. The summed E-state index contributed by atoms with van der Waals surface area (Å²) in [4.78, 5) is 16.5. The number of rotatable bonds is 18. The molecule has 10 heteroatoms. The number of aryl methyl sites for hydroxylation is 1. The van der Waals surface area contributed by atoms with Crippen molar-refractivity contribution in [2.75, 3.05) is 52.9 Å². The molecule has 0 spiro atoms. The van der Waals surface area contributed by atoms with E-state index in [9.17, 15) is 0 Å². The Balaban J connectivity index is 1.11. The zero-order valence-corrected chi connectivity index (χ0v) is 58.7. The summed E-state index contributed by atoms with van der Waals surface area (Å²) in [6.07, 6.45) is 0. The molecule has 0 saturated carbocycles. The van der Waals surface area contributed by atoms with Crippen molar-refractivity contribution in [3.63, 3.8) is 0 Å². The predicted molar refractivity (Wildman–Crippen MR) is 379 cm³/mol. The van der Waals surface area contributed by atoms with Gasteiger partial charge in [-0.2, -0.15) is 0 Å². The number of fused-ring (bicyclic) bond motifs is 8. The molecule has 0 saturated heterocycles. The van der Waals surface area contributed by atoms with Crippen LogP contribution in [0.5, 0.6) is 11.5 Å². The number of ether oxygens (including phenoxy) is 5. The molecule has 4 aromatic carbocycles. The minimum Gasteiger partial charge on any atom is -0.491 e. The van der Waals surface area contributed by atoms with E-state index in [2.05, 4.69) is 284 Å². The Morgan fingerprint density at radius 2 is 0.582 bits per heavy atom. The lowest BCUT2D eigenvalue weighted by Crippen LogP contribution is -2.21. The summed E-state index contributed by atoms with van der Waals surface area (Å²) in [5, 5.41) is 8.12. The molecule has 6 heterocycles. The second-order valence-corrected chi connectivity index (χ2v) is 31.8. The fourth-order valence-corrected chi connectivity index (χ4v) is 12.4. The molecule has 0 amide bonds. The Bertz CT molecular complexity index is 4190. The lowest BCUT2D eigenvalue weighted by Gasteiger charge is -2.27. The van der Waals surface area contributed by atoms with Crippen LogP contribution in [0.15, 0.2) is 138 Å². The van der Waals surface area contributed by atoms with Gasteiger partial charge in [0.05, 0.1) is 39.6 Å². The molecule has 91 heavy (non-hydrogen) atoms. The van der Waals surface area contributed by atoms with Crippen LogP contribution < -0.4 is 30.9 Å². The molecule has 0 fully saturated rings. The summed E-state index contributed by atoms with van der Waals surface area (Å²) < 4.78 is 29.5. The van der Waals surface area contributed by atoms with E-state index >= 15 is 0 Å². The van der Waals surface area contributed by atoms with Gasteiger partial charge in [-0.25, -0.2) is 0 Å². The van der Waals surface area contributed by atoms with Crippen LogP contribution in [0.4, 0.5) is 0 Å². The van der Waals surface area contributed by atoms with Crippen molar-refractivity contribution in [2.24, 2.45) is 0 Å². The number of aromatic nitrogens is 4. The van der Waals surface area contributed by atoms with Crippen LogP contribution in [0.2, 0.25) is 0 Å². The Labute approximate surface area is 546 Å². The molecule has 1 aliphatic rings. The van der Waals surface area contributed by atoms with Gasteiger partial charge in [0.2, 0.25) is 0 Å². The first-order valence-corrected chi connectivity index (χ1v) is 33.6. The van der Waals surface area contributed by atoms with Gasteiger partial charge in [-0.3, -0.25) is 0 Å². The number of aromatic amines is 4. The molecule has 8 bridgehead atoms. The average Bonchev–Trinajstić information content (AvgIpc) is 1.77. The second-order valence-electron chi connectivity index (χ2n) is 31.0. The third kappa shape index (κ3) is 15.8. The average molecular weight is 1240 g/mol. The van der Waals surface area contributed by atoms with E-state index in [4.69, 9.17) is 23.7 Å². The van der Waals surface area contributed by atoms with Gasteiger partial charge in [0.25, 0.3) is 0 Å². The van der Waals surface area contributed by atoms with E-state index in [1.165, 1.54) is 33.4 Å². The molecule has 0 aliphatic carbocycles. The first-order chi connectivity index (χ1) is 42.8. The van der Waals surface area contributed by atoms with Crippen LogP contribution in [0.3, 0.4) is 0 Å². The van der Waals surface area contributed by atoms with Crippen molar-refractivity contribution in [3.05, 3.63) is 244 Å². The third-order valence-corrected chi connectivity index (χ3v) is 18.3. The van der Waals surface area contributed by atoms with Gasteiger partial charge in [0, 0.05) is 77.4 Å². The number of H-pyrrole nitrogens is 4. The van der Waals surface area contributed by atoms with Gasteiger partial charge in [0.1, 0.15) is 24.7 Å². The van der Waals surface area contributed by atoms with E-state index in [1.54, 1.807) is 11.3 Å². The lowest BCUT2D eigenvalue weighted by atomic mass is 9.78. The molecule has 10 rings (SSSR count). The molecule has 5 aromatic heterocycles. The number of thiophene rings is 1. The Morgan fingerprint density at radius 3 is 0.868 bits per heavy atom. The van der Waals surface area contributed by atoms with E-state index in [1.807, 2.05) is 5.38 Å². The summed E-state index contributed by atoms with van der Waals surface area (Å²) in [7, 11) is 0. The highest BCUT2D eigenvalue weighted by Gasteiger charge is 2.28. The molecule has 480 valence electrons. The Hall–Kier alpha value is -7.34. The van der Waals surface area contributed by atoms with Crippen LogP contribution in [0, 0.1) is 6.92 Å². The summed E-state index contributed by atoms with van der Waals surface area (Å²) in [6, 6.07) is 48.4. The predicted octanol–water partition coefficient (Wildman–Crippen LogP) is 16.0. The second kappa shape index (κ2) is 26.3. The Kier molecular flexibility index (Phi) is 19.3. The smallest absolute Gasteiger partial charge is 0.132 e. The molecule has 4 N–H and O–H groups in total. The van der Waals surface area contributed by atoms with E-state index in [0.29, 0.717) is 52.9 Å². The number of benzene rings is 4. The van der Waals surface area contributed by atoms with Crippen molar-refractivity contribution in [2.45, 2.75) is 164 Å². The first kappa shape index (κ1) is 66.6. The van der Waals surface area contributed by atoms with E-state index in [0.717, 1.165) is 106 Å². The fourth-order valence-electron chi connectivity index (χ4n) is 11.7. The maximum atomic E-state index is 6.31. The SMILES string of the molecule is Cc1cscc1OCCOCCOCCOCCOc1ccc(/C2=c3\cc/c([nH]3)=C(\c3cc(C(C)(C)C)cc(C(C)(C)C)c3)c3ccc([nH]3)/C(c3cc(C(C)(C)C)cc(C(C)(C)C)c3)=c3/cc/c([nH]3)=C(\c3cc(C(C)(C)C)cc(C(C)(C)C)c3)c3ccc2[nH]3)cc1. The van der Waals surface area contributed by atoms with E-state index < -0.39 is 0 Å². The highest BCUT2D eigenvalue weighted by atomic mass is 32.1. The van der Waals surface area contributed by atoms with Crippen molar-refractivity contribution >= 4 is 33.6 Å². The maximum absolute atomic E-state index is 6.31. The highest BCUT2D eigenvalue weighted by molar-refractivity contribution is 7.08. The maximum Gasteiger partial charge on any atom is 0.132 e. The van der Waals surface area contributed by atoms with E-state index in [-0.39, 0.29) is 32.5 Å². The molecular formula is C81H100N4O5S. The molecule has 0 unspecified atom stereocenters. The summed E-state index contributed by atoms with van der Waals surface area (Å²) in [6.45, 7) is 47.6. The van der Waals surface area contributed by atoms with Crippen molar-refractivity contribution < 1.29 is 23.7 Å². The highest BCUT2D eigenvalue weighted by Crippen LogP contribution is 2.39. The standard InChI is InChI=1S/C81H100N4O5S/c1-51-49-91-50-71(51)90-39-37-88-35-33-86-32-34-87-36-38-89-62-22-20-52(21-23-62)72-63-24-26-65(82-63)73(53-40-56(76(2,3)4)46-57(41-53)77(5,6)7)67-28-30-69(84-67)75(55-44-60(80(14,15)16)48-61(45-55)81(17,18)19)70-31-29-68(85-70)74(66-27-25-64(72)83-66)54-42-58(78(8,9)10)47-59(43-54)79(11,12)13/h20-31,40-50,82-85H,32-39H2,1-19H3/b72-63-,72-64?,73-65-,73-67?,74-66?,74-68-,75-69?,75-70-. The third-order valence-electron chi connectivity index (χ3n) is 17.4. The van der Waals surface area contributed by atoms with Crippen LogP contribution in [-0.2, 0) is 46.7 Å². The molecule has 9 aromatic rings. The number of hydrogen-bond donors (Lipinski definition) is 4. The van der Waals surface area contributed by atoms with Crippen molar-refractivity contribution in [3.8, 4) is 11.5 Å². The quantitative estimate of drug-likeness (QED) is 0.0640. The van der Waals surface area contributed by atoms with Gasteiger partial charge in [0.15, 0.2) is 0 Å².